The van der Waals surface area contributed by atoms with Crippen LogP contribution in [0.4, 0.5) is 0 Å². The van der Waals surface area contributed by atoms with Crippen molar-refractivity contribution in [3.05, 3.63) is 29.8 Å². The van der Waals surface area contributed by atoms with Crippen LogP contribution in [0.3, 0.4) is 0 Å². The lowest BCUT2D eigenvalue weighted by atomic mass is 9.92. The van der Waals surface area contributed by atoms with Crippen molar-refractivity contribution in [1.29, 1.82) is 0 Å². The number of nitrogens with one attached hydrogen (secondary N) is 1. The summed E-state index contributed by atoms with van der Waals surface area (Å²) in [7, 11) is -3.59. The molecule has 0 spiro atoms. The average Bonchev–Trinajstić information content (AvgIpc) is 2.67. The van der Waals surface area contributed by atoms with Crippen molar-refractivity contribution in [2.75, 3.05) is 26.2 Å². The first-order valence-corrected chi connectivity index (χ1v) is 12.8. The van der Waals surface area contributed by atoms with Gasteiger partial charge in [-0.05, 0) is 63.1 Å². The van der Waals surface area contributed by atoms with Gasteiger partial charge in [0.05, 0.1) is 4.90 Å². The Morgan fingerprint density at radius 1 is 1.17 bits per heavy atom. The second-order valence-corrected chi connectivity index (χ2v) is 11.4. The Morgan fingerprint density at radius 3 is 2.53 bits per heavy atom. The summed E-state index contributed by atoms with van der Waals surface area (Å²) in [5, 5.41) is 3.05. The molecule has 2 saturated heterocycles. The molecule has 3 rings (SSSR count). The zero-order valence-corrected chi connectivity index (χ0v) is 19.6. The molecule has 1 aromatic rings. The maximum atomic E-state index is 13.1. The van der Waals surface area contributed by atoms with Gasteiger partial charge in [0.1, 0.15) is 0 Å². The molecule has 6 nitrogen and oxygen atoms in total. The number of hydrogen-bond acceptors (Lipinski definition) is 4. The minimum Gasteiger partial charge on any atom is -0.348 e. The van der Waals surface area contributed by atoms with Crippen LogP contribution in [-0.2, 0) is 10.0 Å². The van der Waals surface area contributed by atoms with Crippen LogP contribution in [-0.4, -0.2) is 61.8 Å². The highest BCUT2D eigenvalue weighted by Gasteiger charge is 2.31. The number of sulfonamides is 1. The van der Waals surface area contributed by atoms with Gasteiger partial charge in [0.2, 0.25) is 10.0 Å². The summed E-state index contributed by atoms with van der Waals surface area (Å²) in [5.41, 5.74) is 0.396. The third kappa shape index (κ3) is 5.62. The van der Waals surface area contributed by atoms with Gasteiger partial charge in [-0.15, -0.1) is 0 Å². The number of amides is 1. The lowest BCUT2D eigenvalue weighted by Crippen LogP contribution is -2.47. The largest absolute Gasteiger partial charge is 0.348 e. The minimum absolute atomic E-state index is 0.00243. The van der Waals surface area contributed by atoms with Crippen molar-refractivity contribution in [2.24, 2.45) is 11.8 Å². The van der Waals surface area contributed by atoms with Crippen molar-refractivity contribution in [3.63, 3.8) is 0 Å². The molecule has 168 valence electrons. The molecule has 7 heteroatoms. The van der Waals surface area contributed by atoms with E-state index in [0.29, 0.717) is 23.9 Å². The van der Waals surface area contributed by atoms with Crippen molar-refractivity contribution < 1.29 is 13.2 Å². The molecule has 1 aromatic carbocycles. The van der Waals surface area contributed by atoms with E-state index in [1.54, 1.807) is 22.5 Å². The third-order valence-corrected chi connectivity index (χ3v) is 8.31. The summed E-state index contributed by atoms with van der Waals surface area (Å²) in [4.78, 5) is 15.4. The van der Waals surface area contributed by atoms with Crippen molar-refractivity contribution in [2.45, 2.75) is 70.4 Å². The summed E-state index contributed by atoms with van der Waals surface area (Å²) in [6.07, 6.45) is 4.08. The van der Waals surface area contributed by atoms with Gasteiger partial charge in [-0.2, -0.15) is 4.31 Å². The number of carbonyl (C=O) groups is 1. The van der Waals surface area contributed by atoms with E-state index >= 15 is 0 Å². The van der Waals surface area contributed by atoms with E-state index in [0.717, 1.165) is 38.9 Å². The molecule has 2 aliphatic heterocycles. The first kappa shape index (κ1) is 23.2. The molecule has 0 bridgehead atoms. The molecule has 2 fully saturated rings. The summed E-state index contributed by atoms with van der Waals surface area (Å²) in [5.74, 6) is 1.13. The van der Waals surface area contributed by atoms with Crippen molar-refractivity contribution in [3.8, 4) is 0 Å². The zero-order chi connectivity index (χ0) is 21.9. The molecule has 0 aromatic heterocycles. The SMILES string of the molecule is CC1CC(C)CN(CC(C)NC(=O)c2cccc(S(=O)(=O)N3CCCCC3C)c2)C1. The fourth-order valence-electron chi connectivity index (χ4n) is 5.04. The van der Waals surface area contributed by atoms with Gasteiger partial charge in [0.25, 0.3) is 5.91 Å². The Hall–Kier alpha value is -1.44. The molecule has 2 heterocycles. The van der Waals surface area contributed by atoms with E-state index in [9.17, 15) is 13.2 Å². The maximum absolute atomic E-state index is 13.1. The highest BCUT2D eigenvalue weighted by molar-refractivity contribution is 7.89. The van der Waals surface area contributed by atoms with E-state index in [2.05, 4.69) is 24.1 Å². The smallest absolute Gasteiger partial charge is 0.251 e. The molecule has 2 aliphatic rings. The van der Waals surface area contributed by atoms with Gasteiger partial charge in [-0.1, -0.05) is 26.3 Å². The summed E-state index contributed by atoms with van der Waals surface area (Å²) in [6, 6.07) is 6.45. The Balaban J connectivity index is 1.65. The number of rotatable bonds is 6. The van der Waals surface area contributed by atoms with E-state index in [1.165, 1.54) is 12.5 Å². The number of nitrogens with zero attached hydrogens (tertiary/aromatic N) is 2. The van der Waals surface area contributed by atoms with Crippen LogP contribution in [0.15, 0.2) is 29.2 Å². The summed E-state index contributed by atoms with van der Waals surface area (Å²) in [6.45, 7) is 12.0. The van der Waals surface area contributed by atoms with Crippen molar-refractivity contribution in [1.82, 2.24) is 14.5 Å². The molecule has 0 aliphatic carbocycles. The molecule has 4 unspecified atom stereocenters. The average molecular weight is 436 g/mol. The molecule has 0 saturated carbocycles. The Labute approximate surface area is 182 Å². The lowest BCUT2D eigenvalue weighted by molar-refractivity contribution is 0.0904. The predicted molar refractivity (Wildman–Crippen MR) is 120 cm³/mol. The van der Waals surface area contributed by atoms with Crippen LogP contribution >= 0.6 is 0 Å². The molecular formula is C23H37N3O3S. The second kappa shape index (κ2) is 9.79. The zero-order valence-electron chi connectivity index (χ0n) is 18.8. The van der Waals surface area contributed by atoms with E-state index in [1.807, 2.05) is 13.8 Å². The van der Waals surface area contributed by atoms with Gasteiger partial charge in [0, 0.05) is 43.8 Å². The highest BCUT2D eigenvalue weighted by atomic mass is 32.2. The maximum Gasteiger partial charge on any atom is 0.251 e. The number of benzene rings is 1. The Morgan fingerprint density at radius 2 is 1.87 bits per heavy atom. The van der Waals surface area contributed by atoms with Gasteiger partial charge in [-0.25, -0.2) is 8.42 Å². The van der Waals surface area contributed by atoms with Crippen LogP contribution in [0.2, 0.25) is 0 Å². The van der Waals surface area contributed by atoms with Crippen LogP contribution in [0, 0.1) is 11.8 Å². The second-order valence-electron chi connectivity index (χ2n) is 9.53. The van der Waals surface area contributed by atoms with Gasteiger partial charge >= 0.3 is 0 Å². The van der Waals surface area contributed by atoms with Crippen LogP contribution < -0.4 is 5.32 Å². The minimum atomic E-state index is -3.59. The fourth-order valence-corrected chi connectivity index (χ4v) is 6.79. The summed E-state index contributed by atoms with van der Waals surface area (Å²) < 4.78 is 27.8. The lowest BCUT2D eigenvalue weighted by Gasteiger charge is -2.36. The number of hydrogen-bond donors (Lipinski definition) is 1. The first-order valence-electron chi connectivity index (χ1n) is 11.3. The first-order chi connectivity index (χ1) is 14.2. The van der Waals surface area contributed by atoms with Crippen LogP contribution in [0.1, 0.15) is 63.7 Å². The van der Waals surface area contributed by atoms with Gasteiger partial charge in [0.15, 0.2) is 0 Å². The monoisotopic (exact) mass is 435 g/mol. The standard InChI is InChI=1S/C23H37N3O3S/c1-17-12-18(2)15-25(14-17)16-19(3)24-23(27)21-9-7-10-22(13-21)30(28,29)26-11-6-5-8-20(26)4/h7,9-10,13,17-20H,5-6,8,11-12,14-16H2,1-4H3,(H,24,27). The number of likely N-dealkylation sites (tertiary alicyclic amines) is 1. The fraction of sp³-hybridized carbons (Fsp3) is 0.696. The topological polar surface area (TPSA) is 69.7 Å². The normalized spacial score (nSPS) is 27.5. The molecule has 1 amide bonds. The Kier molecular flexibility index (Phi) is 7.58. The highest BCUT2D eigenvalue weighted by Crippen LogP contribution is 2.25. The molecular weight excluding hydrogens is 398 g/mol. The van der Waals surface area contributed by atoms with Gasteiger partial charge < -0.3 is 10.2 Å². The summed E-state index contributed by atoms with van der Waals surface area (Å²) >= 11 is 0. The van der Waals surface area contributed by atoms with Crippen molar-refractivity contribution >= 4 is 15.9 Å². The number of carbonyl (C=O) groups excluding carboxylic acids is 1. The van der Waals surface area contributed by atoms with E-state index in [-0.39, 0.29) is 22.9 Å². The van der Waals surface area contributed by atoms with Gasteiger partial charge in [-0.3, -0.25) is 4.79 Å². The predicted octanol–water partition coefficient (Wildman–Crippen LogP) is 3.35. The molecule has 4 atom stereocenters. The quantitative estimate of drug-likeness (QED) is 0.744. The number of piperidine rings is 2. The van der Waals surface area contributed by atoms with Crippen LogP contribution in [0.5, 0.6) is 0 Å². The van der Waals surface area contributed by atoms with E-state index < -0.39 is 10.0 Å². The molecule has 0 radical (unpaired) electrons. The van der Waals surface area contributed by atoms with E-state index in [4.69, 9.17) is 0 Å². The Bertz CT molecular complexity index is 832. The molecule has 30 heavy (non-hydrogen) atoms. The molecule has 1 N–H and O–H groups in total. The third-order valence-electron chi connectivity index (χ3n) is 6.30. The van der Waals surface area contributed by atoms with Crippen LogP contribution in [0.25, 0.3) is 0 Å².